The minimum Gasteiger partial charge on any atom is -0.391 e. The van der Waals surface area contributed by atoms with Gasteiger partial charge in [0.2, 0.25) is 0 Å². The molecule has 0 bridgehead atoms. The van der Waals surface area contributed by atoms with Crippen molar-refractivity contribution in [2.45, 2.75) is 44.8 Å². The first-order valence-corrected chi connectivity index (χ1v) is 8.97. The number of methoxy groups -OCH3 is 1. The Hall–Kier alpha value is -0.850. The van der Waals surface area contributed by atoms with E-state index >= 15 is 0 Å². The maximum absolute atomic E-state index is 12.5. The molecule has 3 rings (SSSR count). The number of hydrogen-bond acceptors (Lipinski definition) is 4. The fraction of sp³-hybridized carbons (Fsp3) is 0.941. The molecule has 0 aromatic heterocycles. The third-order valence-corrected chi connectivity index (χ3v) is 5.83. The smallest absolute Gasteiger partial charge is 0.320 e. The average Bonchev–Trinajstić information content (AvgIpc) is 3.08. The number of hydrogen-bond donors (Lipinski definition) is 2. The van der Waals surface area contributed by atoms with Crippen LogP contribution in [-0.2, 0) is 4.74 Å². The molecule has 2 saturated heterocycles. The molecule has 2 amide bonds. The molecule has 0 unspecified atom stereocenters. The summed E-state index contributed by atoms with van der Waals surface area (Å²) in [4.78, 5) is 16.3. The summed E-state index contributed by atoms with van der Waals surface area (Å²) in [6, 6.07) is 0.769. The van der Waals surface area contributed by atoms with E-state index in [1.807, 2.05) is 4.90 Å². The molecule has 0 spiro atoms. The predicted molar refractivity (Wildman–Crippen MR) is 88.3 cm³/mol. The van der Waals surface area contributed by atoms with Gasteiger partial charge in [-0.15, -0.1) is 0 Å². The number of β-amino-alcohol motifs (C(OH)–C–C–N with tert-alkyl or cyclic N) is 1. The highest BCUT2D eigenvalue weighted by Gasteiger charge is 2.40. The van der Waals surface area contributed by atoms with Crippen LogP contribution in [0.1, 0.15) is 32.6 Å². The third kappa shape index (κ3) is 3.98. The molecule has 1 aliphatic carbocycles. The Morgan fingerprint density at radius 2 is 2.00 bits per heavy atom. The molecule has 2 N–H and O–H groups in total. The summed E-state index contributed by atoms with van der Waals surface area (Å²) >= 11 is 0. The summed E-state index contributed by atoms with van der Waals surface area (Å²) in [5.74, 6) is 0.804. The largest absolute Gasteiger partial charge is 0.391 e. The van der Waals surface area contributed by atoms with Gasteiger partial charge in [-0.05, 0) is 31.6 Å². The molecule has 0 radical (unpaired) electrons. The van der Waals surface area contributed by atoms with Gasteiger partial charge in [-0.25, -0.2) is 4.79 Å². The van der Waals surface area contributed by atoms with Crippen LogP contribution in [0.2, 0.25) is 0 Å². The van der Waals surface area contributed by atoms with E-state index in [0.717, 1.165) is 45.0 Å². The Bertz CT molecular complexity index is 423. The maximum Gasteiger partial charge on any atom is 0.320 e. The predicted octanol–water partition coefficient (Wildman–Crippen LogP) is 0.900. The minimum absolute atomic E-state index is 0.0938. The summed E-state index contributed by atoms with van der Waals surface area (Å²) in [6.07, 6.45) is 3.61. The van der Waals surface area contributed by atoms with E-state index in [1.54, 1.807) is 12.0 Å². The summed E-state index contributed by atoms with van der Waals surface area (Å²) in [5.41, 5.74) is 0.151. The molecular formula is C17H31N3O3. The Kier molecular flexibility index (Phi) is 5.13. The van der Waals surface area contributed by atoms with Crippen molar-refractivity contribution in [2.24, 2.45) is 11.3 Å². The number of rotatable bonds is 5. The van der Waals surface area contributed by atoms with Crippen molar-refractivity contribution in [1.29, 1.82) is 0 Å². The van der Waals surface area contributed by atoms with Gasteiger partial charge in [0, 0.05) is 51.3 Å². The summed E-state index contributed by atoms with van der Waals surface area (Å²) in [5, 5.41) is 13.3. The zero-order valence-electron chi connectivity index (χ0n) is 14.5. The molecule has 1 saturated carbocycles. The van der Waals surface area contributed by atoms with Crippen molar-refractivity contribution < 1.29 is 14.6 Å². The van der Waals surface area contributed by atoms with Gasteiger partial charge in [0.25, 0.3) is 0 Å². The highest BCUT2D eigenvalue weighted by atomic mass is 16.5. The van der Waals surface area contributed by atoms with Gasteiger partial charge in [0.05, 0.1) is 12.7 Å². The normalized spacial score (nSPS) is 33.1. The van der Waals surface area contributed by atoms with E-state index in [2.05, 4.69) is 12.2 Å². The quantitative estimate of drug-likeness (QED) is 0.788. The molecule has 23 heavy (non-hydrogen) atoms. The second-order valence-electron chi connectivity index (χ2n) is 7.79. The maximum atomic E-state index is 12.5. The first-order valence-electron chi connectivity index (χ1n) is 8.97. The molecule has 6 heteroatoms. The van der Waals surface area contributed by atoms with Crippen LogP contribution in [0, 0.1) is 11.3 Å². The monoisotopic (exact) mass is 325 g/mol. The zero-order valence-corrected chi connectivity index (χ0v) is 14.5. The molecule has 2 aliphatic heterocycles. The van der Waals surface area contributed by atoms with E-state index in [9.17, 15) is 9.90 Å². The van der Waals surface area contributed by atoms with Crippen LogP contribution in [0.3, 0.4) is 0 Å². The second-order valence-corrected chi connectivity index (χ2v) is 7.79. The lowest BCUT2D eigenvalue weighted by molar-refractivity contribution is 0.0260. The van der Waals surface area contributed by atoms with E-state index in [1.165, 1.54) is 6.42 Å². The van der Waals surface area contributed by atoms with Crippen LogP contribution in [0.25, 0.3) is 0 Å². The standard InChI is InChI=1S/C17H31N3O3/c1-13-9-15(13)18-11-17(12-23-2)4-7-19(8-5-17)16(22)20-6-3-14(21)10-20/h13-15,18,21H,3-12H2,1-2H3/t13-,14-,15-/m1/s1. The Morgan fingerprint density at radius 3 is 2.52 bits per heavy atom. The molecule has 132 valence electrons. The zero-order chi connectivity index (χ0) is 16.4. The number of aliphatic hydroxyl groups is 1. The molecule has 2 heterocycles. The van der Waals surface area contributed by atoms with Crippen LogP contribution in [0.15, 0.2) is 0 Å². The number of urea groups is 1. The molecule has 3 atom stereocenters. The fourth-order valence-electron chi connectivity index (χ4n) is 3.92. The van der Waals surface area contributed by atoms with Gasteiger partial charge in [-0.3, -0.25) is 0 Å². The van der Waals surface area contributed by atoms with Crippen molar-refractivity contribution in [3.63, 3.8) is 0 Å². The van der Waals surface area contributed by atoms with Gasteiger partial charge in [-0.1, -0.05) is 6.92 Å². The molecule has 0 aromatic rings. The number of nitrogens with zero attached hydrogens (tertiary/aromatic N) is 2. The Balaban J connectivity index is 1.50. The number of aliphatic hydroxyl groups excluding tert-OH is 1. The molecule has 3 aliphatic rings. The molecule has 3 fully saturated rings. The molecular weight excluding hydrogens is 294 g/mol. The Labute approximate surface area is 139 Å². The fourth-order valence-corrected chi connectivity index (χ4v) is 3.92. The van der Waals surface area contributed by atoms with Crippen molar-refractivity contribution in [3.05, 3.63) is 0 Å². The number of carbonyl (C=O) groups excluding carboxylic acids is 1. The van der Waals surface area contributed by atoms with Gasteiger partial charge in [-0.2, -0.15) is 0 Å². The Morgan fingerprint density at radius 1 is 1.30 bits per heavy atom. The number of likely N-dealkylation sites (tertiary alicyclic amines) is 2. The number of carbonyl (C=O) groups is 1. The van der Waals surface area contributed by atoms with Crippen molar-refractivity contribution in [3.8, 4) is 0 Å². The van der Waals surface area contributed by atoms with Crippen LogP contribution in [0.4, 0.5) is 4.79 Å². The van der Waals surface area contributed by atoms with Crippen molar-refractivity contribution in [1.82, 2.24) is 15.1 Å². The van der Waals surface area contributed by atoms with Crippen molar-refractivity contribution in [2.75, 3.05) is 46.4 Å². The van der Waals surface area contributed by atoms with Gasteiger partial charge < -0.3 is 25.0 Å². The van der Waals surface area contributed by atoms with Gasteiger partial charge >= 0.3 is 6.03 Å². The lowest BCUT2D eigenvalue weighted by Crippen LogP contribution is -2.52. The third-order valence-electron chi connectivity index (χ3n) is 5.83. The first-order chi connectivity index (χ1) is 11.0. The first kappa shape index (κ1) is 17.0. The number of nitrogens with one attached hydrogen (secondary N) is 1. The number of piperidine rings is 1. The van der Waals surface area contributed by atoms with E-state index in [4.69, 9.17) is 4.74 Å². The van der Waals surface area contributed by atoms with Crippen LogP contribution in [0.5, 0.6) is 0 Å². The SMILES string of the molecule is COCC1(CN[C@@H]2C[C@H]2C)CCN(C(=O)N2CC[C@@H](O)C2)CC1. The minimum atomic E-state index is -0.346. The lowest BCUT2D eigenvalue weighted by atomic mass is 9.79. The number of amides is 2. The lowest BCUT2D eigenvalue weighted by Gasteiger charge is -2.42. The second kappa shape index (κ2) is 6.95. The summed E-state index contributed by atoms with van der Waals surface area (Å²) in [7, 11) is 1.77. The molecule has 0 aromatic carbocycles. The number of ether oxygens (including phenoxy) is 1. The van der Waals surface area contributed by atoms with E-state index < -0.39 is 0 Å². The molecule has 6 nitrogen and oxygen atoms in total. The summed E-state index contributed by atoms with van der Waals surface area (Å²) in [6.45, 7) is 6.77. The topological polar surface area (TPSA) is 65.0 Å². The van der Waals surface area contributed by atoms with Gasteiger partial charge in [0.15, 0.2) is 0 Å². The summed E-state index contributed by atoms with van der Waals surface area (Å²) < 4.78 is 5.49. The average molecular weight is 325 g/mol. The van der Waals surface area contributed by atoms with Gasteiger partial charge in [0.1, 0.15) is 0 Å². The van der Waals surface area contributed by atoms with Crippen LogP contribution in [-0.4, -0.2) is 79.5 Å². The van der Waals surface area contributed by atoms with E-state index in [-0.39, 0.29) is 17.6 Å². The highest BCUT2D eigenvalue weighted by Crippen LogP contribution is 2.35. The highest BCUT2D eigenvalue weighted by molar-refractivity contribution is 5.75. The van der Waals surface area contributed by atoms with Crippen molar-refractivity contribution >= 4 is 6.03 Å². The van der Waals surface area contributed by atoms with E-state index in [0.29, 0.717) is 25.6 Å². The van der Waals surface area contributed by atoms with Crippen LogP contribution < -0.4 is 5.32 Å². The van der Waals surface area contributed by atoms with Crippen LogP contribution >= 0.6 is 0 Å².